The Balaban J connectivity index is 1.57. The van der Waals surface area contributed by atoms with Crippen LogP contribution in [-0.4, -0.2) is 29.4 Å². The van der Waals surface area contributed by atoms with Crippen molar-refractivity contribution >= 4 is 29.1 Å². The predicted octanol–water partition coefficient (Wildman–Crippen LogP) is 3.88. The minimum atomic E-state index is -0.789. The summed E-state index contributed by atoms with van der Waals surface area (Å²) in [6.07, 6.45) is 0.813. The van der Waals surface area contributed by atoms with Crippen molar-refractivity contribution in [1.29, 1.82) is 5.41 Å². The summed E-state index contributed by atoms with van der Waals surface area (Å²) in [7, 11) is 0. The Morgan fingerprint density at radius 3 is 2.39 bits per heavy atom. The van der Waals surface area contributed by atoms with Crippen LogP contribution in [0.3, 0.4) is 0 Å². The van der Waals surface area contributed by atoms with Gasteiger partial charge in [0.15, 0.2) is 0 Å². The number of amides is 1. The molecule has 5 N–H and O–H groups in total. The van der Waals surface area contributed by atoms with Crippen LogP contribution in [0.4, 0.5) is 11.4 Å². The van der Waals surface area contributed by atoms with E-state index in [9.17, 15) is 14.7 Å². The summed E-state index contributed by atoms with van der Waals surface area (Å²) >= 11 is 0. The number of anilines is 2. The van der Waals surface area contributed by atoms with Crippen LogP contribution in [0.2, 0.25) is 0 Å². The maximum Gasteiger partial charge on any atom is 0.303 e. The second-order valence-electron chi connectivity index (χ2n) is 8.32. The second-order valence-corrected chi connectivity index (χ2v) is 8.32. The number of nitrogens with two attached hydrogens (primary N) is 1. The molecule has 0 radical (unpaired) electrons. The summed E-state index contributed by atoms with van der Waals surface area (Å²) in [6, 6.07) is 22.4. The fourth-order valence-electron chi connectivity index (χ4n) is 4.24. The van der Waals surface area contributed by atoms with Crippen LogP contribution in [0, 0.1) is 11.3 Å². The summed E-state index contributed by atoms with van der Waals surface area (Å²) in [6.45, 7) is 1.30. The molecule has 0 aliphatic carbocycles. The number of hydrogen-bond acceptors (Lipinski definition) is 4. The predicted molar refractivity (Wildman–Crippen MR) is 129 cm³/mol. The van der Waals surface area contributed by atoms with Crippen LogP contribution in [0.25, 0.3) is 0 Å². The molecule has 0 saturated carbocycles. The van der Waals surface area contributed by atoms with E-state index in [1.165, 1.54) is 0 Å². The van der Waals surface area contributed by atoms with Gasteiger partial charge in [0.1, 0.15) is 5.84 Å². The summed E-state index contributed by atoms with van der Waals surface area (Å²) < 4.78 is 0. The van der Waals surface area contributed by atoms with Crippen molar-refractivity contribution in [3.63, 3.8) is 0 Å². The quantitative estimate of drug-likeness (QED) is 0.327. The zero-order valence-corrected chi connectivity index (χ0v) is 18.1. The summed E-state index contributed by atoms with van der Waals surface area (Å²) in [5.74, 6) is -1.06. The molecule has 0 saturated heterocycles. The first kappa shape index (κ1) is 22.1. The molecule has 1 atom stereocenters. The van der Waals surface area contributed by atoms with Crippen molar-refractivity contribution in [2.75, 3.05) is 16.8 Å². The number of hydrogen-bond donors (Lipinski definition) is 4. The van der Waals surface area contributed by atoms with Gasteiger partial charge in [-0.3, -0.25) is 15.0 Å². The third kappa shape index (κ3) is 5.38. The van der Waals surface area contributed by atoms with Crippen molar-refractivity contribution in [3.8, 4) is 0 Å². The first-order valence-corrected chi connectivity index (χ1v) is 10.8. The van der Waals surface area contributed by atoms with Crippen molar-refractivity contribution in [2.24, 2.45) is 11.7 Å². The lowest BCUT2D eigenvalue weighted by Crippen LogP contribution is -2.36. The van der Waals surface area contributed by atoms with Crippen LogP contribution in [0.15, 0.2) is 72.8 Å². The Bertz CT molecular complexity index is 1180. The molecule has 3 aromatic carbocycles. The van der Waals surface area contributed by atoms with Gasteiger partial charge < -0.3 is 21.1 Å². The summed E-state index contributed by atoms with van der Waals surface area (Å²) in [5, 5.41) is 19.7. The number of carboxylic acid groups (broad SMARTS) is 1. The van der Waals surface area contributed by atoms with E-state index in [4.69, 9.17) is 11.1 Å². The van der Waals surface area contributed by atoms with Crippen LogP contribution in [0.5, 0.6) is 0 Å². The molecule has 0 spiro atoms. The number of carbonyl (C=O) groups is 2. The fourth-order valence-corrected chi connectivity index (χ4v) is 4.24. The van der Waals surface area contributed by atoms with E-state index in [0.29, 0.717) is 36.3 Å². The molecule has 4 rings (SSSR count). The van der Waals surface area contributed by atoms with Gasteiger partial charge in [0, 0.05) is 35.6 Å². The molecule has 168 valence electrons. The molecular weight excluding hydrogens is 416 g/mol. The van der Waals surface area contributed by atoms with Gasteiger partial charge in [-0.2, -0.15) is 0 Å². The Labute approximate surface area is 192 Å². The van der Waals surface area contributed by atoms with Gasteiger partial charge in [-0.1, -0.05) is 48.5 Å². The molecule has 0 bridgehead atoms. The number of nitrogens with one attached hydrogen (secondary N) is 2. The van der Waals surface area contributed by atoms with Gasteiger partial charge in [-0.25, -0.2) is 0 Å². The number of rotatable bonds is 7. The summed E-state index contributed by atoms with van der Waals surface area (Å²) in [5.41, 5.74) is 10.4. The van der Waals surface area contributed by atoms with E-state index in [0.717, 1.165) is 16.8 Å². The van der Waals surface area contributed by atoms with E-state index in [-0.39, 0.29) is 24.1 Å². The van der Waals surface area contributed by atoms with Crippen molar-refractivity contribution in [2.45, 2.75) is 19.4 Å². The third-order valence-corrected chi connectivity index (χ3v) is 5.81. The first-order chi connectivity index (χ1) is 15.9. The maximum absolute atomic E-state index is 12.7. The average Bonchev–Trinajstić information content (AvgIpc) is 2.80. The van der Waals surface area contributed by atoms with E-state index >= 15 is 0 Å². The average molecular weight is 443 g/mol. The first-order valence-electron chi connectivity index (χ1n) is 10.8. The monoisotopic (exact) mass is 442 g/mol. The van der Waals surface area contributed by atoms with Gasteiger partial charge in [0.05, 0.1) is 6.42 Å². The normalized spacial score (nSPS) is 14.9. The topological polar surface area (TPSA) is 120 Å². The Morgan fingerprint density at radius 1 is 1.03 bits per heavy atom. The number of carbonyl (C=O) groups excluding carboxylic acids is 1. The van der Waals surface area contributed by atoms with Crippen molar-refractivity contribution < 1.29 is 14.7 Å². The molecule has 33 heavy (non-hydrogen) atoms. The molecule has 1 amide bonds. The molecule has 1 aliphatic heterocycles. The fraction of sp³-hybridized carbons (Fsp3) is 0.192. The molecule has 1 heterocycles. The molecule has 0 fully saturated rings. The van der Waals surface area contributed by atoms with Gasteiger partial charge >= 0.3 is 5.97 Å². The Morgan fingerprint density at radius 2 is 1.73 bits per heavy atom. The van der Waals surface area contributed by atoms with Crippen molar-refractivity contribution in [3.05, 3.63) is 95.1 Å². The van der Waals surface area contributed by atoms with Crippen LogP contribution in [0.1, 0.15) is 33.5 Å². The number of nitrogen functional groups attached to an aromatic ring is 1. The Kier molecular flexibility index (Phi) is 6.40. The highest BCUT2D eigenvalue weighted by Gasteiger charge is 2.26. The zero-order valence-electron chi connectivity index (χ0n) is 18.1. The molecule has 3 aromatic rings. The zero-order chi connectivity index (χ0) is 23.4. The highest BCUT2D eigenvalue weighted by Crippen LogP contribution is 2.34. The molecule has 7 nitrogen and oxygen atoms in total. The number of amidine groups is 1. The lowest BCUT2D eigenvalue weighted by atomic mass is 9.89. The third-order valence-electron chi connectivity index (χ3n) is 5.81. The lowest BCUT2D eigenvalue weighted by molar-refractivity contribution is -0.138. The number of aliphatic carboxylic acids is 1. The summed E-state index contributed by atoms with van der Waals surface area (Å²) in [4.78, 5) is 26.3. The van der Waals surface area contributed by atoms with Crippen LogP contribution < -0.4 is 16.0 Å². The standard InChI is InChI=1S/C26H26N4O3/c27-25(28)19-6-8-20(9-7-19)26(33)29-22-11-10-21-12-18(13-24(31)32)16-30(23(21)14-22)15-17-4-2-1-3-5-17/h1-11,14,18H,12-13,15-16H2,(H3,27,28)(H,29,33)(H,31,32). The van der Waals surface area contributed by atoms with Crippen LogP contribution >= 0.6 is 0 Å². The lowest BCUT2D eigenvalue weighted by Gasteiger charge is -2.36. The largest absolute Gasteiger partial charge is 0.481 e. The minimum absolute atomic E-state index is 0.0268. The smallest absolute Gasteiger partial charge is 0.303 e. The van der Waals surface area contributed by atoms with Crippen LogP contribution in [-0.2, 0) is 17.8 Å². The highest BCUT2D eigenvalue weighted by atomic mass is 16.4. The molecular formula is C26H26N4O3. The number of carboxylic acids is 1. The SMILES string of the molecule is N=C(N)c1ccc(C(=O)Nc2ccc3c(c2)N(Cc2ccccc2)CC(CC(=O)O)C3)cc1. The van der Waals surface area contributed by atoms with Gasteiger partial charge in [0.25, 0.3) is 5.91 Å². The molecule has 7 heteroatoms. The Hall–Kier alpha value is -4.13. The highest BCUT2D eigenvalue weighted by molar-refractivity contribution is 6.05. The number of nitrogens with zero attached hydrogens (tertiary/aromatic N) is 1. The van der Waals surface area contributed by atoms with E-state index in [2.05, 4.69) is 22.3 Å². The minimum Gasteiger partial charge on any atom is -0.481 e. The second kappa shape index (κ2) is 9.56. The van der Waals surface area contributed by atoms with Crippen molar-refractivity contribution in [1.82, 2.24) is 0 Å². The van der Waals surface area contributed by atoms with Gasteiger partial charge in [0.2, 0.25) is 0 Å². The van der Waals surface area contributed by atoms with E-state index in [1.54, 1.807) is 24.3 Å². The molecule has 0 aromatic heterocycles. The number of fused-ring (bicyclic) bond motifs is 1. The van der Waals surface area contributed by atoms with Gasteiger partial charge in [-0.15, -0.1) is 0 Å². The maximum atomic E-state index is 12.7. The van der Waals surface area contributed by atoms with E-state index < -0.39 is 5.97 Å². The molecule has 1 aliphatic rings. The number of benzene rings is 3. The molecule has 1 unspecified atom stereocenters. The van der Waals surface area contributed by atoms with Gasteiger partial charge in [-0.05, 0) is 47.7 Å². The van der Waals surface area contributed by atoms with E-state index in [1.807, 2.05) is 36.4 Å².